The lowest BCUT2D eigenvalue weighted by Gasteiger charge is -2.72. The monoisotopic (exact) mass is 680 g/mol. The van der Waals surface area contributed by atoms with Gasteiger partial charge < -0.3 is 10.4 Å². The van der Waals surface area contributed by atoms with Crippen molar-refractivity contribution in [2.45, 2.75) is 125 Å². The average Bonchev–Trinajstić information content (AvgIpc) is 3.40. The molecule has 4 saturated carbocycles. The largest absolute Gasteiger partial charge is 0.478 e. The van der Waals surface area contributed by atoms with E-state index in [2.05, 4.69) is 64.6 Å². The van der Waals surface area contributed by atoms with Crippen molar-refractivity contribution in [2.24, 2.45) is 57.2 Å². The molecule has 0 heterocycles. The third-order valence-electron chi connectivity index (χ3n) is 15.8. The Bertz CT molecular complexity index is 1520. The number of carboxylic acids is 1. The predicted octanol–water partition coefficient (Wildman–Crippen LogP) is 8.79. The maximum atomic E-state index is 12.4. The van der Waals surface area contributed by atoms with Crippen molar-refractivity contribution in [1.29, 1.82) is 0 Å². The summed E-state index contributed by atoms with van der Waals surface area (Å²) in [6.07, 6.45) is 14.3. The van der Waals surface area contributed by atoms with E-state index in [0.29, 0.717) is 60.6 Å². The molecule has 7 heteroatoms. The standard InChI is InChI=1S/C41H64N2O4S/c1-9-26-48(46,47)43-25-24-42-41-21-16-30(27(2)3)35(41)32-14-15-34-38(6)19-17-31(28-10-12-29(13-11-28)36(44)45)37(4,5)33(38)18-20-40(34,8)39(32,7)22-23-41/h10-13,17,27,30,32-35,42-43H,9,14-16,18-26H2,1-8H3,(H,44,45)/t30-,32+,33-,34+,35+,38-,39+,40+,41-/m0/s1. The van der Waals surface area contributed by atoms with E-state index in [1.807, 2.05) is 19.1 Å². The molecule has 0 aromatic heterocycles. The lowest BCUT2D eigenvalue weighted by Crippen LogP contribution is -2.68. The van der Waals surface area contributed by atoms with Crippen LogP contribution in [0.2, 0.25) is 0 Å². The molecular weight excluding hydrogens is 617 g/mol. The molecule has 5 aliphatic carbocycles. The average molecular weight is 681 g/mol. The fourth-order valence-electron chi connectivity index (χ4n) is 13.5. The van der Waals surface area contributed by atoms with Crippen LogP contribution in [0.25, 0.3) is 5.57 Å². The topological polar surface area (TPSA) is 95.5 Å². The highest BCUT2D eigenvalue weighted by atomic mass is 32.2. The summed E-state index contributed by atoms with van der Waals surface area (Å²) < 4.78 is 27.6. The van der Waals surface area contributed by atoms with Crippen molar-refractivity contribution in [1.82, 2.24) is 10.0 Å². The quantitative estimate of drug-likeness (QED) is 0.215. The molecule has 1 aromatic carbocycles. The van der Waals surface area contributed by atoms with Crippen molar-refractivity contribution >= 4 is 21.6 Å². The summed E-state index contributed by atoms with van der Waals surface area (Å²) in [5.74, 6) is 3.25. The third-order valence-corrected chi connectivity index (χ3v) is 17.3. The lowest BCUT2D eigenvalue weighted by molar-refractivity contribution is -0.221. The Morgan fingerprint density at radius 1 is 0.896 bits per heavy atom. The second-order valence-corrected chi connectivity index (χ2v) is 20.3. The summed E-state index contributed by atoms with van der Waals surface area (Å²) in [6, 6.07) is 7.57. The molecule has 6 rings (SSSR count). The summed E-state index contributed by atoms with van der Waals surface area (Å²) in [6.45, 7) is 20.9. The molecule has 0 saturated heterocycles. The number of carboxylic acid groups (broad SMARTS) is 1. The zero-order valence-corrected chi connectivity index (χ0v) is 31.9. The van der Waals surface area contributed by atoms with Gasteiger partial charge in [0.25, 0.3) is 0 Å². The van der Waals surface area contributed by atoms with Crippen molar-refractivity contribution in [3.63, 3.8) is 0 Å². The van der Waals surface area contributed by atoms with Gasteiger partial charge in [0.05, 0.1) is 11.3 Å². The first-order valence-corrected chi connectivity index (χ1v) is 20.9. The van der Waals surface area contributed by atoms with Crippen LogP contribution < -0.4 is 10.0 Å². The summed E-state index contributed by atoms with van der Waals surface area (Å²) in [5.41, 5.74) is 3.81. The Morgan fingerprint density at radius 2 is 1.60 bits per heavy atom. The number of hydrogen-bond acceptors (Lipinski definition) is 4. The second kappa shape index (κ2) is 12.5. The minimum Gasteiger partial charge on any atom is -0.478 e. The van der Waals surface area contributed by atoms with Crippen LogP contribution in [0.4, 0.5) is 0 Å². The number of carbonyl (C=O) groups is 1. The van der Waals surface area contributed by atoms with Gasteiger partial charge in [0, 0.05) is 18.6 Å². The molecule has 1 aromatic rings. The van der Waals surface area contributed by atoms with Crippen molar-refractivity contribution in [2.75, 3.05) is 18.8 Å². The second-order valence-electron chi connectivity index (χ2n) is 18.4. The van der Waals surface area contributed by atoms with E-state index in [1.165, 1.54) is 62.5 Å². The Labute approximate surface area is 291 Å². The zero-order chi connectivity index (χ0) is 34.9. The molecule has 0 unspecified atom stereocenters. The number of sulfonamides is 1. The van der Waals surface area contributed by atoms with Crippen LogP contribution in [-0.2, 0) is 10.0 Å². The molecule has 268 valence electrons. The van der Waals surface area contributed by atoms with Crippen LogP contribution >= 0.6 is 0 Å². The van der Waals surface area contributed by atoms with E-state index in [1.54, 1.807) is 12.1 Å². The Balaban J connectivity index is 1.27. The van der Waals surface area contributed by atoms with E-state index in [-0.39, 0.29) is 33.0 Å². The molecule has 5 aliphatic rings. The van der Waals surface area contributed by atoms with Gasteiger partial charge >= 0.3 is 5.97 Å². The van der Waals surface area contributed by atoms with E-state index in [9.17, 15) is 18.3 Å². The molecule has 6 nitrogen and oxygen atoms in total. The normalized spacial score (nSPS) is 40.4. The van der Waals surface area contributed by atoms with Crippen LogP contribution in [0.3, 0.4) is 0 Å². The molecule has 0 bridgehead atoms. The van der Waals surface area contributed by atoms with Crippen molar-refractivity contribution in [3.8, 4) is 0 Å². The SMILES string of the molecule is CCCS(=O)(=O)NCCN[C@]12CC[C@@H](C(C)C)[C@@H]1[C@H]1CC[C@@H]3[C@@]4(C)CC=C(c5ccc(C(=O)O)cc5)C(C)(C)[C@@H]4CC[C@@]3(C)[C@]1(C)CC2. The lowest BCUT2D eigenvalue weighted by atomic mass is 9.33. The highest BCUT2D eigenvalue weighted by molar-refractivity contribution is 7.89. The van der Waals surface area contributed by atoms with Crippen LogP contribution in [0.15, 0.2) is 30.3 Å². The maximum Gasteiger partial charge on any atom is 0.335 e. The molecule has 4 fully saturated rings. The number of rotatable bonds is 10. The van der Waals surface area contributed by atoms with Gasteiger partial charge in [-0.2, -0.15) is 0 Å². The van der Waals surface area contributed by atoms with E-state index in [0.717, 1.165) is 6.42 Å². The third kappa shape index (κ3) is 5.55. The van der Waals surface area contributed by atoms with Gasteiger partial charge in [-0.3, -0.25) is 0 Å². The highest BCUT2D eigenvalue weighted by Crippen LogP contribution is 2.76. The number of aromatic carboxylic acids is 1. The van der Waals surface area contributed by atoms with E-state index >= 15 is 0 Å². The van der Waals surface area contributed by atoms with Crippen LogP contribution in [0, 0.1) is 57.2 Å². The minimum atomic E-state index is -3.20. The van der Waals surface area contributed by atoms with Crippen LogP contribution in [0.5, 0.6) is 0 Å². The van der Waals surface area contributed by atoms with Gasteiger partial charge in [0.15, 0.2) is 0 Å². The first kappa shape index (κ1) is 36.1. The van der Waals surface area contributed by atoms with Crippen molar-refractivity contribution in [3.05, 3.63) is 41.5 Å². The van der Waals surface area contributed by atoms with Gasteiger partial charge in [-0.25, -0.2) is 17.9 Å². The van der Waals surface area contributed by atoms with Gasteiger partial charge in [-0.15, -0.1) is 0 Å². The summed E-state index contributed by atoms with van der Waals surface area (Å²) >= 11 is 0. The molecule has 48 heavy (non-hydrogen) atoms. The number of benzene rings is 1. The first-order valence-electron chi connectivity index (χ1n) is 19.2. The van der Waals surface area contributed by atoms with E-state index < -0.39 is 16.0 Å². The fourth-order valence-corrected chi connectivity index (χ4v) is 14.5. The smallest absolute Gasteiger partial charge is 0.335 e. The summed E-state index contributed by atoms with van der Waals surface area (Å²) in [4.78, 5) is 11.5. The summed E-state index contributed by atoms with van der Waals surface area (Å²) in [5, 5.41) is 13.5. The van der Waals surface area contributed by atoms with Crippen LogP contribution in [0.1, 0.15) is 136 Å². The Morgan fingerprint density at radius 3 is 2.25 bits per heavy atom. The van der Waals surface area contributed by atoms with Gasteiger partial charge in [0.2, 0.25) is 10.0 Å². The van der Waals surface area contributed by atoms with Gasteiger partial charge in [0.1, 0.15) is 0 Å². The van der Waals surface area contributed by atoms with E-state index in [4.69, 9.17) is 0 Å². The maximum absolute atomic E-state index is 12.4. The zero-order valence-electron chi connectivity index (χ0n) is 31.1. The van der Waals surface area contributed by atoms with Crippen molar-refractivity contribution < 1.29 is 18.3 Å². The molecule has 0 spiro atoms. The number of hydrogen-bond donors (Lipinski definition) is 3. The molecular formula is C41H64N2O4S. The molecule has 0 aliphatic heterocycles. The fraction of sp³-hybridized carbons (Fsp3) is 0.780. The summed E-state index contributed by atoms with van der Waals surface area (Å²) in [7, 11) is -3.20. The first-order chi connectivity index (χ1) is 22.5. The number of fused-ring (bicyclic) bond motifs is 7. The molecule has 0 amide bonds. The number of allylic oxidation sites excluding steroid dienone is 2. The highest BCUT2D eigenvalue weighted by Gasteiger charge is 2.70. The number of nitrogens with one attached hydrogen (secondary N) is 2. The molecule has 0 radical (unpaired) electrons. The van der Waals surface area contributed by atoms with Crippen LogP contribution in [-0.4, -0.2) is 43.9 Å². The van der Waals surface area contributed by atoms with Gasteiger partial charge in [-0.05, 0) is 145 Å². The van der Waals surface area contributed by atoms with Gasteiger partial charge in [-0.1, -0.05) is 73.6 Å². The minimum absolute atomic E-state index is 0.00922. The predicted molar refractivity (Wildman–Crippen MR) is 196 cm³/mol. The Hall–Kier alpha value is -1.70. The molecule has 9 atom stereocenters. The Kier molecular flexibility index (Phi) is 9.41. The molecule has 3 N–H and O–H groups in total.